The lowest BCUT2D eigenvalue weighted by atomic mass is 10.2. The summed E-state index contributed by atoms with van der Waals surface area (Å²) in [7, 11) is 0. The predicted molar refractivity (Wildman–Crippen MR) is 106 cm³/mol. The maximum atomic E-state index is 12.4. The number of aromatic nitrogens is 3. The number of benzene rings is 2. The Kier molecular flexibility index (Phi) is 5.34. The van der Waals surface area contributed by atoms with Crippen LogP contribution in [0.4, 0.5) is 5.69 Å². The van der Waals surface area contributed by atoms with Crippen LogP contribution in [0.15, 0.2) is 61.2 Å². The van der Waals surface area contributed by atoms with Crippen molar-refractivity contribution in [2.24, 2.45) is 0 Å². The number of carbonyl (C=O) groups is 1. The van der Waals surface area contributed by atoms with Crippen molar-refractivity contribution < 1.29 is 9.53 Å². The van der Waals surface area contributed by atoms with Gasteiger partial charge in [0.15, 0.2) is 0 Å². The zero-order valence-electron chi connectivity index (χ0n) is 15.8. The molecule has 144 valence electrons. The molecule has 0 aliphatic carbocycles. The average molecular weight is 377 g/mol. The Morgan fingerprint density at radius 1 is 1.21 bits per heavy atom. The van der Waals surface area contributed by atoms with Gasteiger partial charge in [0.2, 0.25) is 5.91 Å². The molecular formula is C21H23N5O2. The fourth-order valence-electron chi connectivity index (χ4n) is 3.40. The Morgan fingerprint density at radius 3 is 2.82 bits per heavy atom. The van der Waals surface area contributed by atoms with E-state index in [1.54, 1.807) is 12.7 Å². The molecule has 0 radical (unpaired) electrons. The van der Waals surface area contributed by atoms with Crippen LogP contribution in [0.3, 0.4) is 0 Å². The minimum Gasteiger partial charge on any atom is -0.457 e. The minimum absolute atomic E-state index is 0.0217. The summed E-state index contributed by atoms with van der Waals surface area (Å²) in [5.41, 5.74) is 1.91. The van der Waals surface area contributed by atoms with E-state index in [4.69, 9.17) is 4.74 Å². The van der Waals surface area contributed by atoms with Gasteiger partial charge < -0.3 is 10.1 Å². The summed E-state index contributed by atoms with van der Waals surface area (Å²) in [6.07, 6.45) is 4.25. The minimum atomic E-state index is -0.0217. The number of ether oxygens (including phenoxy) is 1. The predicted octanol–water partition coefficient (Wildman–Crippen LogP) is 3.26. The van der Waals surface area contributed by atoms with Crippen LogP contribution in [0.5, 0.6) is 11.5 Å². The highest BCUT2D eigenvalue weighted by Crippen LogP contribution is 2.24. The first-order chi connectivity index (χ1) is 13.7. The Labute approximate surface area is 164 Å². The summed E-state index contributed by atoms with van der Waals surface area (Å²) in [5, 5.41) is 7.14. The quantitative estimate of drug-likeness (QED) is 0.714. The molecule has 1 fully saturated rings. The van der Waals surface area contributed by atoms with Crippen molar-refractivity contribution in [3.63, 3.8) is 0 Å². The van der Waals surface area contributed by atoms with Gasteiger partial charge in [-0.05, 0) is 55.3 Å². The van der Waals surface area contributed by atoms with Crippen LogP contribution >= 0.6 is 0 Å². The van der Waals surface area contributed by atoms with E-state index in [0.29, 0.717) is 6.54 Å². The van der Waals surface area contributed by atoms with E-state index in [2.05, 4.69) is 20.3 Å². The highest BCUT2D eigenvalue weighted by Gasteiger charge is 2.25. The van der Waals surface area contributed by atoms with E-state index in [0.717, 1.165) is 42.3 Å². The highest BCUT2D eigenvalue weighted by atomic mass is 16.5. The number of anilines is 1. The molecule has 1 aliphatic heterocycles. The van der Waals surface area contributed by atoms with E-state index in [9.17, 15) is 4.79 Å². The largest absolute Gasteiger partial charge is 0.457 e. The molecule has 1 aliphatic rings. The molecule has 0 spiro atoms. The van der Waals surface area contributed by atoms with Crippen LogP contribution in [0.25, 0.3) is 0 Å². The third kappa shape index (κ3) is 4.55. The van der Waals surface area contributed by atoms with Crippen LogP contribution < -0.4 is 10.1 Å². The van der Waals surface area contributed by atoms with Crippen molar-refractivity contribution >= 4 is 11.6 Å². The van der Waals surface area contributed by atoms with Crippen molar-refractivity contribution in [1.82, 2.24) is 19.7 Å². The fourth-order valence-corrected chi connectivity index (χ4v) is 3.40. The lowest BCUT2D eigenvalue weighted by Crippen LogP contribution is -2.31. The van der Waals surface area contributed by atoms with Crippen molar-refractivity contribution in [1.29, 1.82) is 0 Å². The van der Waals surface area contributed by atoms with Crippen molar-refractivity contribution in [2.75, 3.05) is 25.0 Å². The summed E-state index contributed by atoms with van der Waals surface area (Å²) in [4.78, 5) is 18.5. The van der Waals surface area contributed by atoms with Gasteiger partial charge in [0.25, 0.3) is 0 Å². The molecule has 1 N–H and O–H groups in total. The smallest absolute Gasteiger partial charge is 0.238 e. The molecule has 7 nitrogen and oxygen atoms in total. The SMILES string of the molecule is Cc1cccc(Oc2ccc(NC(=O)CN3CC[C@@H](n4cncn4)C3)cc2)c1. The van der Waals surface area contributed by atoms with Gasteiger partial charge in [-0.25, -0.2) is 9.67 Å². The number of nitrogens with zero attached hydrogens (tertiary/aromatic N) is 4. The molecule has 1 saturated heterocycles. The van der Waals surface area contributed by atoms with Crippen LogP contribution in [0.1, 0.15) is 18.0 Å². The Bertz CT molecular complexity index is 924. The van der Waals surface area contributed by atoms with Gasteiger partial charge in [-0.3, -0.25) is 9.69 Å². The number of hydrogen-bond acceptors (Lipinski definition) is 5. The molecule has 1 amide bonds. The number of aryl methyl sites for hydroxylation is 1. The number of nitrogens with one attached hydrogen (secondary N) is 1. The summed E-state index contributed by atoms with van der Waals surface area (Å²) >= 11 is 0. The van der Waals surface area contributed by atoms with Gasteiger partial charge >= 0.3 is 0 Å². The molecule has 1 atom stereocenters. The van der Waals surface area contributed by atoms with Gasteiger partial charge in [-0.2, -0.15) is 5.10 Å². The number of hydrogen-bond donors (Lipinski definition) is 1. The van der Waals surface area contributed by atoms with Crippen LogP contribution in [-0.2, 0) is 4.79 Å². The van der Waals surface area contributed by atoms with Crippen molar-refractivity contribution in [3.05, 3.63) is 66.7 Å². The summed E-state index contributed by atoms with van der Waals surface area (Å²) in [6, 6.07) is 15.6. The normalized spacial score (nSPS) is 16.8. The third-order valence-electron chi connectivity index (χ3n) is 4.79. The summed E-state index contributed by atoms with van der Waals surface area (Å²) in [5.74, 6) is 1.51. The maximum Gasteiger partial charge on any atom is 0.238 e. The topological polar surface area (TPSA) is 72.3 Å². The van der Waals surface area contributed by atoms with Gasteiger partial charge in [0.1, 0.15) is 24.2 Å². The van der Waals surface area contributed by atoms with Gasteiger partial charge in [-0.1, -0.05) is 12.1 Å². The molecule has 2 heterocycles. The van der Waals surface area contributed by atoms with E-state index in [-0.39, 0.29) is 11.9 Å². The van der Waals surface area contributed by atoms with E-state index < -0.39 is 0 Å². The molecule has 4 rings (SSSR count). The average Bonchev–Trinajstić information content (AvgIpc) is 3.35. The standard InChI is InChI=1S/C21H23N5O2/c1-16-3-2-4-20(11-16)28-19-7-5-17(6-8-19)24-21(27)13-25-10-9-18(12-25)26-15-22-14-23-26/h2-8,11,14-15,18H,9-10,12-13H2,1H3,(H,24,27)/t18-/m1/s1. The van der Waals surface area contributed by atoms with E-state index in [1.807, 2.05) is 60.1 Å². The first-order valence-electron chi connectivity index (χ1n) is 9.36. The van der Waals surface area contributed by atoms with Crippen LogP contribution in [-0.4, -0.2) is 45.2 Å². The molecule has 1 aromatic heterocycles. The first-order valence-corrected chi connectivity index (χ1v) is 9.36. The molecule has 0 bridgehead atoms. The Hall–Kier alpha value is -3.19. The van der Waals surface area contributed by atoms with Gasteiger partial charge in [0.05, 0.1) is 12.6 Å². The molecule has 0 unspecified atom stereocenters. The summed E-state index contributed by atoms with van der Waals surface area (Å²) in [6.45, 7) is 4.08. The number of rotatable bonds is 6. The zero-order chi connectivity index (χ0) is 19.3. The van der Waals surface area contributed by atoms with E-state index >= 15 is 0 Å². The Morgan fingerprint density at radius 2 is 2.07 bits per heavy atom. The monoisotopic (exact) mass is 377 g/mol. The second-order valence-electron chi connectivity index (χ2n) is 7.04. The number of likely N-dealkylation sites (tertiary alicyclic amines) is 1. The van der Waals surface area contributed by atoms with E-state index in [1.165, 1.54) is 0 Å². The van der Waals surface area contributed by atoms with Gasteiger partial charge in [-0.15, -0.1) is 0 Å². The second-order valence-corrected chi connectivity index (χ2v) is 7.04. The zero-order valence-corrected chi connectivity index (χ0v) is 15.8. The maximum absolute atomic E-state index is 12.4. The van der Waals surface area contributed by atoms with Crippen LogP contribution in [0.2, 0.25) is 0 Å². The number of amides is 1. The molecule has 0 saturated carbocycles. The molecular weight excluding hydrogens is 354 g/mol. The number of carbonyl (C=O) groups excluding carboxylic acids is 1. The third-order valence-corrected chi connectivity index (χ3v) is 4.79. The second kappa shape index (κ2) is 8.22. The lowest BCUT2D eigenvalue weighted by molar-refractivity contribution is -0.117. The molecule has 28 heavy (non-hydrogen) atoms. The van der Waals surface area contributed by atoms with Gasteiger partial charge in [0, 0.05) is 18.8 Å². The molecule has 7 heteroatoms. The van der Waals surface area contributed by atoms with Crippen LogP contribution in [0, 0.1) is 6.92 Å². The first kappa shape index (κ1) is 18.2. The van der Waals surface area contributed by atoms with Crippen molar-refractivity contribution in [3.8, 4) is 11.5 Å². The molecule has 2 aromatic carbocycles. The lowest BCUT2D eigenvalue weighted by Gasteiger charge is -2.16. The van der Waals surface area contributed by atoms with Crippen molar-refractivity contribution in [2.45, 2.75) is 19.4 Å². The fraction of sp³-hybridized carbons (Fsp3) is 0.286. The highest BCUT2D eigenvalue weighted by molar-refractivity contribution is 5.92. The summed E-state index contributed by atoms with van der Waals surface area (Å²) < 4.78 is 7.71. The molecule has 3 aromatic rings. The Balaban J connectivity index is 1.28.